The minimum atomic E-state index is -0.103. The average molecular weight is 459 g/mol. The first kappa shape index (κ1) is 21.1. The Balaban J connectivity index is 1.19. The molecular formula is C26H23ClN4O2. The predicted molar refractivity (Wildman–Crippen MR) is 133 cm³/mol. The standard InChI is InChI=1S/C26H23ClN4O2/c27-23-8-4-7-22-24(13-14-28-25(22)23)30-15-17-31(18-16-30)26(32)29-19-9-11-21(12-10-19)33-20-5-2-1-3-6-20/h1-14H,15-18H2,(H,29,32). The second kappa shape index (κ2) is 9.38. The van der Waals surface area contributed by atoms with Gasteiger partial charge in [-0.2, -0.15) is 0 Å². The van der Waals surface area contributed by atoms with Gasteiger partial charge >= 0.3 is 6.03 Å². The van der Waals surface area contributed by atoms with Gasteiger partial charge < -0.3 is 19.9 Å². The zero-order valence-corrected chi connectivity index (χ0v) is 18.7. The monoisotopic (exact) mass is 458 g/mol. The normalized spacial score (nSPS) is 13.7. The molecule has 1 aromatic heterocycles. The number of para-hydroxylation sites is 2. The van der Waals surface area contributed by atoms with Gasteiger partial charge in [0.2, 0.25) is 0 Å². The van der Waals surface area contributed by atoms with Gasteiger partial charge in [0.25, 0.3) is 0 Å². The molecule has 5 rings (SSSR count). The number of anilines is 2. The highest BCUT2D eigenvalue weighted by Gasteiger charge is 2.22. The van der Waals surface area contributed by atoms with Crippen LogP contribution in [0.15, 0.2) is 85.1 Å². The molecule has 0 aliphatic carbocycles. The van der Waals surface area contributed by atoms with Gasteiger partial charge in [-0.25, -0.2) is 4.79 Å². The summed E-state index contributed by atoms with van der Waals surface area (Å²) in [5.74, 6) is 1.49. The minimum Gasteiger partial charge on any atom is -0.457 e. The van der Waals surface area contributed by atoms with Gasteiger partial charge in [0.15, 0.2) is 0 Å². The summed E-state index contributed by atoms with van der Waals surface area (Å²) in [4.78, 5) is 21.3. The van der Waals surface area contributed by atoms with Crippen LogP contribution in [0.4, 0.5) is 16.2 Å². The van der Waals surface area contributed by atoms with E-state index in [-0.39, 0.29) is 6.03 Å². The van der Waals surface area contributed by atoms with Crippen molar-refractivity contribution in [2.75, 3.05) is 36.4 Å². The maximum absolute atomic E-state index is 12.8. The number of aromatic nitrogens is 1. The summed E-state index contributed by atoms with van der Waals surface area (Å²) < 4.78 is 5.81. The Kier molecular flexibility index (Phi) is 6.00. The highest BCUT2D eigenvalue weighted by atomic mass is 35.5. The SMILES string of the molecule is O=C(Nc1ccc(Oc2ccccc2)cc1)N1CCN(c2ccnc3c(Cl)cccc23)CC1. The molecule has 7 heteroatoms. The molecule has 3 aromatic carbocycles. The lowest BCUT2D eigenvalue weighted by molar-refractivity contribution is 0.208. The maximum Gasteiger partial charge on any atom is 0.321 e. The summed E-state index contributed by atoms with van der Waals surface area (Å²) in [7, 11) is 0. The summed E-state index contributed by atoms with van der Waals surface area (Å²) in [6.07, 6.45) is 1.79. The van der Waals surface area contributed by atoms with E-state index in [2.05, 4.69) is 15.2 Å². The Morgan fingerprint density at radius 3 is 2.33 bits per heavy atom. The van der Waals surface area contributed by atoms with Crippen LogP contribution in [0.3, 0.4) is 0 Å². The van der Waals surface area contributed by atoms with Crippen molar-refractivity contribution >= 4 is 39.9 Å². The number of pyridine rings is 1. The molecular weight excluding hydrogens is 436 g/mol. The van der Waals surface area contributed by atoms with E-state index >= 15 is 0 Å². The summed E-state index contributed by atoms with van der Waals surface area (Å²) in [6, 6.07) is 24.7. The summed E-state index contributed by atoms with van der Waals surface area (Å²) in [6.45, 7) is 2.74. The van der Waals surface area contributed by atoms with Gasteiger partial charge in [-0.3, -0.25) is 4.98 Å². The van der Waals surface area contributed by atoms with E-state index in [1.807, 2.05) is 83.8 Å². The van der Waals surface area contributed by atoms with Crippen molar-refractivity contribution in [3.05, 3.63) is 90.1 Å². The van der Waals surface area contributed by atoms with Crippen LogP contribution in [0.5, 0.6) is 11.5 Å². The third kappa shape index (κ3) is 4.71. The van der Waals surface area contributed by atoms with E-state index in [4.69, 9.17) is 16.3 Å². The Hall–Kier alpha value is -3.77. The number of fused-ring (bicyclic) bond motifs is 1. The molecule has 6 nitrogen and oxygen atoms in total. The quantitative estimate of drug-likeness (QED) is 0.405. The fraction of sp³-hybridized carbons (Fsp3) is 0.154. The molecule has 0 atom stereocenters. The smallest absolute Gasteiger partial charge is 0.321 e. The lowest BCUT2D eigenvalue weighted by Crippen LogP contribution is -2.50. The molecule has 0 spiro atoms. The third-order valence-electron chi connectivity index (χ3n) is 5.69. The average Bonchev–Trinajstić information content (AvgIpc) is 2.86. The van der Waals surface area contributed by atoms with Gasteiger partial charge in [0.05, 0.1) is 10.5 Å². The second-order valence-electron chi connectivity index (χ2n) is 7.81. The Morgan fingerprint density at radius 2 is 1.58 bits per heavy atom. The van der Waals surface area contributed by atoms with E-state index in [1.54, 1.807) is 6.20 Å². The van der Waals surface area contributed by atoms with Crippen LogP contribution < -0.4 is 15.0 Å². The van der Waals surface area contributed by atoms with Crippen LogP contribution in [-0.4, -0.2) is 42.1 Å². The summed E-state index contributed by atoms with van der Waals surface area (Å²) in [5.41, 5.74) is 2.63. The minimum absolute atomic E-state index is 0.103. The van der Waals surface area contributed by atoms with Gasteiger partial charge in [-0.1, -0.05) is 41.9 Å². The Morgan fingerprint density at radius 1 is 0.848 bits per heavy atom. The number of carbonyl (C=O) groups excluding carboxylic acids is 1. The van der Waals surface area contributed by atoms with Crippen molar-refractivity contribution in [2.24, 2.45) is 0 Å². The van der Waals surface area contributed by atoms with E-state index in [0.717, 1.165) is 46.9 Å². The summed E-state index contributed by atoms with van der Waals surface area (Å²) in [5, 5.41) is 4.65. The molecule has 0 bridgehead atoms. The van der Waals surface area contributed by atoms with Crippen LogP contribution >= 0.6 is 11.6 Å². The van der Waals surface area contributed by atoms with Crippen molar-refractivity contribution in [3.8, 4) is 11.5 Å². The first-order valence-electron chi connectivity index (χ1n) is 10.8. The van der Waals surface area contributed by atoms with Crippen molar-refractivity contribution in [2.45, 2.75) is 0 Å². The second-order valence-corrected chi connectivity index (χ2v) is 8.22. The summed E-state index contributed by atoms with van der Waals surface area (Å²) >= 11 is 6.31. The Bertz CT molecular complexity index is 1260. The first-order valence-corrected chi connectivity index (χ1v) is 11.2. The lowest BCUT2D eigenvalue weighted by Gasteiger charge is -2.36. The molecule has 0 saturated carbocycles. The molecule has 0 unspecified atom stereocenters. The number of urea groups is 1. The van der Waals surface area contributed by atoms with Gasteiger partial charge in [0, 0.05) is 49.1 Å². The van der Waals surface area contributed by atoms with Gasteiger partial charge in [0.1, 0.15) is 11.5 Å². The first-order chi connectivity index (χ1) is 16.2. The number of nitrogens with zero attached hydrogens (tertiary/aromatic N) is 3. The predicted octanol–water partition coefficient (Wildman–Crippen LogP) is 6.03. The largest absolute Gasteiger partial charge is 0.457 e. The van der Waals surface area contributed by atoms with Crippen LogP contribution in [0.2, 0.25) is 5.02 Å². The number of rotatable bonds is 4. The van der Waals surface area contributed by atoms with E-state index in [9.17, 15) is 4.79 Å². The lowest BCUT2D eigenvalue weighted by atomic mass is 10.1. The molecule has 2 amide bonds. The zero-order chi connectivity index (χ0) is 22.6. The number of nitrogens with one attached hydrogen (secondary N) is 1. The number of hydrogen-bond acceptors (Lipinski definition) is 4. The van der Waals surface area contributed by atoms with Crippen LogP contribution in [-0.2, 0) is 0 Å². The Labute approximate surface area is 197 Å². The molecule has 33 heavy (non-hydrogen) atoms. The number of benzene rings is 3. The number of piperazine rings is 1. The van der Waals surface area contributed by atoms with E-state index in [0.29, 0.717) is 18.1 Å². The number of carbonyl (C=O) groups is 1. The van der Waals surface area contributed by atoms with Crippen LogP contribution in [0.25, 0.3) is 10.9 Å². The molecule has 1 N–H and O–H groups in total. The maximum atomic E-state index is 12.8. The number of halogens is 1. The van der Waals surface area contributed by atoms with Crippen LogP contribution in [0, 0.1) is 0 Å². The number of ether oxygens (including phenoxy) is 1. The zero-order valence-electron chi connectivity index (χ0n) is 17.9. The molecule has 1 aliphatic heterocycles. The molecule has 166 valence electrons. The number of amides is 2. The van der Waals surface area contributed by atoms with Crippen molar-refractivity contribution in [3.63, 3.8) is 0 Å². The highest BCUT2D eigenvalue weighted by molar-refractivity contribution is 6.35. The van der Waals surface area contributed by atoms with Gasteiger partial charge in [-0.15, -0.1) is 0 Å². The van der Waals surface area contributed by atoms with E-state index in [1.165, 1.54) is 0 Å². The molecule has 2 heterocycles. The molecule has 1 fully saturated rings. The molecule has 1 aliphatic rings. The van der Waals surface area contributed by atoms with Gasteiger partial charge in [-0.05, 0) is 48.5 Å². The molecule has 1 saturated heterocycles. The van der Waals surface area contributed by atoms with Crippen LogP contribution in [0.1, 0.15) is 0 Å². The molecule has 4 aromatic rings. The topological polar surface area (TPSA) is 57.7 Å². The van der Waals surface area contributed by atoms with E-state index < -0.39 is 0 Å². The van der Waals surface area contributed by atoms with Crippen molar-refractivity contribution < 1.29 is 9.53 Å². The third-order valence-corrected chi connectivity index (χ3v) is 6.00. The number of hydrogen-bond donors (Lipinski definition) is 1. The fourth-order valence-electron chi connectivity index (χ4n) is 3.99. The highest BCUT2D eigenvalue weighted by Crippen LogP contribution is 2.30. The van der Waals surface area contributed by atoms with Crippen molar-refractivity contribution in [1.29, 1.82) is 0 Å². The molecule has 0 radical (unpaired) electrons. The fourth-order valence-corrected chi connectivity index (χ4v) is 4.21. The van der Waals surface area contributed by atoms with Crippen molar-refractivity contribution in [1.82, 2.24) is 9.88 Å².